The summed E-state index contributed by atoms with van der Waals surface area (Å²) in [5.41, 5.74) is 3.01. The fourth-order valence-electron chi connectivity index (χ4n) is 2.58. The van der Waals surface area contributed by atoms with E-state index in [-0.39, 0.29) is 46.5 Å². The number of aryl methyl sites for hydroxylation is 1. The number of carbonyl (C=O) groups is 2. The minimum Gasteiger partial charge on any atom is -0.543 e. The van der Waals surface area contributed by atoms with Crippen molar-refractivity contribution in [3.05, 3.63) is 40.4 Å². The predicted molar refractivity (Wildman–Crippen MR) is 77.8 cm³/mol. The minimum absolute atomic E-state index is 0. The number of nitrogens with zero attached hydrogens (tertiary/aromatic N) is 4. The standard InChI is InChI=1S/C14H10N4O3S.Na/c1-17-10-5-7(2-3-9(10)15-16-17)4-8-12(19)18-11(14(20)21)6-22-13(8)18;/h2-6,13H,1H3,(H,20,21);/q;+1/p-1/t13-;/m1./s1. The molecule has 0 radical (unpaired) electrons. The first-order chi connectivity index (χ1) is 10.6. The Hall–Kier alpha value is -1.61. The summed E-state index contributed by atoms with van der Waals surface area (Å²) in [5.74, 6) is -1.63. The number of aromatic nitrogens is 3. The van der Waals surface area contributed by atoms with Crippen molar-refractivity contribution in [3.8, 4) is 0 Å². The van der Waals surface area contributed by atoms with Crippen molar-refractivity contribution in [3.63, 3.8) is 0 Å². The third-order valence-corrected chi connectivity index (χ3v) is 4.78. The summed E-state index contributed by atoms with van der Waals surface area (Å²) in [6.45, 7) is 0. The van der Waals surface area contributed by atoms with Crippen LogP contribution < -0.4 is 34.7 Å². The maximum absolute atomic E-state index is 12.1. The number of carboxylic acid groups (broad SMARTS) is 1. The quantitative estimate of drug-likeness (QED) is 0.327. The summed E-state index contributed by atoms with van der Waals surface area (Å²) >= 11 is 1.29. The number of fused-ring (bicyclic) bond motifs is 2. The van der Waals surface area contributed by atoms with Crippen LogP contribution in [0.25, 0.3) is 17.1 Å². The largest absolute Gasteiger partial charge is 1.00 e. The van der Waals surface area contributed by atoms with E-state index in [2.05, 4.69) is 10.3 Å². The molecule has 2 aromatic rings. The maximum Gasteiger partial charge on any atom is 1.00 e. The Labute approximate surface area is 157 Å². The van der Waals surface area contributed by atoms with Crippen molar-refractivity contribution >= 4 is 40.7 Å². The van der Waals surface area contributed by atoms with Gasteiger partial charge in [0.15, 0.2) is 0 Å². The monoisotopic (exact) mass is 336 g/mol. The molecule has 0 saturated carbocycles. The Kier molecular flexibility index (Phi) is 4.09. The average molecular weight is 336 g/mol. The van der Waals surface area contributed by atoms with E-state index in [1.54, 1.807) is 17.8 Å². The van der Waals surface area contributed by atoms with E-state index in [0.717, 1.165) is 16.6 Å². The van der Waals surface area contributed by atoms with Gasteiger partial charge in [-0.3, -0.25) is 9.69 Å². The van der Waals surface area contributed by atoms with Gasteiger partial charge in [0.05, 0.1) is 22.8 Å². The molecule has 9 heteroatoms. The zero-order valence-electron chi connectivity index (χ0n) is 12.4. The second-order valence-corrected chi connectivity index (χ2v) is 5.97. The summed E-state index contributed by atoms with van der Waals surface area (Å²) in [6.07, 6.45) is 1.77. The van der Waals surface area contributed by atoms with Gasteiger partial charge < -0.3 is 9.90 Å². The van der Waals surface area contributed by atoms with Crippen LogP contribution in [0.2, 0.25) is 0 Å². The number of carbonyl (C=O) groups excluding carboxylic acids is 2. The molecule has 0 spiro atoms. The van der Waals surface area contributed by atoms with Crippen molar-refractivity contribution in [1.82, 2.24) is 19.9 Å². The zero-order chi connectivity index (χ0) is 15.4. The van der Waals surface area contributed by atoms with Gasteiger partial charge in [-0.15, -0.1) is 16.9 Å². The molecule has 110 valence electrons. The summed E-state index contributed by atoms with van der Waals surface area (Å²) < 4.78 is 1.66. The van der Waals surface area contributed by atoms with E-state index in [1.165, 1.54) is 22.1 Å². The van der Waals surface area contributed by atoms with Crippen molar-refractivity contribution in [1.29, 1.82) is 0 Å². The molecule has 4 rings (SSSR count). The van der Waals surface area contributed by atoms with E-state index < -0.39 is 5.97 Å². The first-order valence-electron chi connectivity index (χ1n) is 6.48. The van der Waals surface area contributed by atoms with Crippen LogP contribution in [0.5, 0.6) is 0 Å². The van der Waals surface area contributed by atoms with Crippen LogP contribution in [0.3, 0.4) is 0 Å². The third kappa shape index (κ3) is 2.42. The summed E-state index contributed by atoms with van der Waals surface area (Å²) in [7, 11) is 1.80. The van der Waals surface area contributed by atoms with Crippen LogP contribution in [0.4, 0.5) is 0 Å². The van der Waals surface area contributed by atoms with E-state index in [1.807, 2.05) is 18.2 Å². The Morgan fingerprint density at radius 1 is 1.43 bits per heavy atom. The van der Waals surface area contributed by atoms with Crippen LogP contribution in [-0.4, -0.2) is 37.1 Å². The van der Waals surface area contributed by atoms with Crippen LogP contribution in [-0.2, 0) is 16.6 Å². The molecule has 7 nitrogen and oxygen atoms in total. The van der Waals surface area contributed by atoms with Crippen molar-refractivity contribution in [2.75, 3.05) is 0 Å². The number of benzene rings is 1. The molecule has 0 aliphatic carbocycles. The molecule has 1 saturated heterocycles. The second kappa shape index (κ2) is 5.79. The molecule has 1 fully saturated rings. The fourth-order valence-corrected chi connectivity index (χ4v) is 3.69. The molecule has 0 bridgehead atoms. The topological polar surface area (TPSA) is 91.2 Å². The minimum atomic E-state index is -1.33. The Morgan fingerprint density at radius 3 is 2.96 bits per heavy atom. The van der Waals surface area contributed by atoms with Gasteiger partial charge in [-0.25, -0.2) is 4.68 Å². The second-order valence-electron chi connectivity index (χ2n) is 5.02. The molecule has 1 atom stereocenters. The number of hydrogen-bond donors (Lipinski definition) is 0. The predicted octanol–water partition coefficient (Wildman–Crippen LogP) is -3.14. The fraction of sp³-hybridized carbons (Fsp3) is 0.143. The van der Waals surface area contributed by atoms with Crippen LogP contribution in [0, 0.1) is 0 Å². The number of rotatable bonds is 2. The molecule has 1 amide bonds. The number of amides is 1. The van der Waals surface area contributed by atoms with E-state index in [9.17, 15) is 14.7 Å². The smallest absolute Gasteiger partial charge is 0.543 e. The number of aliphatic carboxylic acids is 1. The summed E-state index contributed by atoms with van der Waals surface area (Å²) in [4.78, 5) is 24.3. The van der Waals surface area contributed by atoms with Gasteiger partial charge in [-0.05, 0) is 29.2 Å². The van der Waals surface area contributed by atoms with Gasteiger partial charge in [0.1, 0.15) is 10.9 Å². The number of β-lactam (4-membered cyclic amide) rings is 1. The molecule has 3 heterocycles. The SMILES string of the molecule is Cn1nnc2ccc(C=C3C(=O)N4C(C(=O)[O-])=CS[C@H]34)cc21.[Na+]. The number of thioether (sulfide) groups is 1. The number of carboxylic acids is 1. The first kappa shape index (κ1) is 16.3. The van der Waals surface area contributed by atoms with Gasteiger partial charge in [-0.1, -0.05) is 11.3 Å². The summed E-state index contributed by atoms with van der Waals surface area (Å²) in [6, 6.07) is 5.58. The van der Waals surface area contributed by atoms with Gasteiger partial charge >= 0.3 is 29.6 Å². The first-order valence-corrected chi connectivity index (χ1v) is 7.42. The van der Waals surface area contributed by atoms with E-state index >= 15 is 0 Å². The molecule has 1 aromatic heterocycles. The Morgan fingerprint density at radius 2 is 2.22 bits per heavy atom. The Balaban J connectivity index is 0.00000156. The molecule has 2 aliphatic heterocycles. The van der Waals surface area contributed by atoms with Crippen molar-refractivity contribution in [2.45, 2.75) is 5.37 Å². The Bertz CT molecular complexity index is 905. The third-order valence-electron chi connectivity index (χ3n) is 3.70. The molecular formula is C14H9N4NaO3S. The average Bonchev–Trinajstić information content (AvgIpc) is 3.07. The van der Waals surface area contributed by atoms with Crippen LogP contribution in [0.1, 0.15) is 5.56 Å². The maximum atomic E-state index is 12.1. The molecule has 0 unspecified atom stereocenters. The van der Waals surface area contributed by atoms with Crippen LogP contribution >= 0.6 is 11.8 Å². The molecule has 23 heavy (non-hydrogen) atoms. The van der Waals surface area contributed by atoms with Gasteiger partial charge in [0.25, 0.3) is 5.91 Å². The molecule has 2 aliphatic rings. The van der Waals surface area contributed by atoms with Crippen molar-refractivity contribution < 1.29 is 44.3 Å². The molecule has 0 N–H and O–H groups in total. The normalized spacial score (nSPS) is 21.0. The van der Waals surface area contributed by atoms with Gasteiger partial charge in [0, 0.05) is 7.05 Å². The van der Waals surface area contributed by atoms with E-state index in [0.29, 0.717) is 5.57 Å². The molecule has 1 aromatic carbocycles. The van der Waals surface area contributed by atoms with Crippen LogP contribution in [0.15, 0.2) is 34.9 Å². The van der Waals surface area contributed by atoms with Gasteiger partial charge in [-0.2, -0.15) is 0 Å². The van der Waals surface area contributed by atoms with E-state index in [4.69, 9.17) is 0 Å². The summed E-state index contributed by atoms with van der Waals surface area (Å²) in [5, 5.41) is 20.0. The number of hydrogen-bond acceptors (Lipinski definition) is 6. The molecular weight excluding hydrogens is 327 g/mol. The van der Waals surface area contributed by atoms with Gasteiger partial charge in [0.2, 0.25) is 0 Å². The zero-order valence-corrected chi connectivity index (χ0v) is 15.2. The van der Waals surface area contributed by atoms with Crippen molar-refractivity contribution in [2.24, 2.45) is 7.05 Å².